The Bertz CT molecular complexity index is 254. The number of hydrogen-bond acceptors (Lipinski definition) is 1. The van der Waals surface area contributed by atoms with E-state index in [2.05, 4.69) is 37.6 Å². The maximum Gasteiger partial charge on any atom is 0.196 e. The van der Waals surface area contributed by atoms with Crippen molar-refractivity contribution in [2.45, 2.75) is 52.5 Å². The fourth-order valence-corrected chi connectivity index (χ4v) is 2.92. The van der Waals surface area contributed by atoms with Crippen LogP contribution in [0.5, 0.6) is 0 Å². The summed E-state index contributed by atoms with van der Waals surface area (Å²) in [5.41, 5.74) is 1.40. The zero-order valence-electron chi connectivity index (χ0n) is 9.63. The summed E-state index contributed by atoms with van der Waals surface area (Å²) in [6.07, 6.45) is 3.21. The summed E-state index contributed by atoms with van der Waals surface area (Å²) < 4.78 is 0. The van der Waals surface area contributed by atoms with E-state index in [1.54, 1.807) is 0 Å². The Morgan fingerprint density at radius 1 is 1.21 bits per heavy atom. The molecule has 80 valence electrons. The summed E-state index contributed by atoms with van der Waals surface area (Å²) >= 11 is 5.30. The quantitative estimate of drug-likeness (QED) is 0.666. The van der Waals surface area contributed by atoms with Crippen LogP contribution in [0.2, 0.25) is 0 Å². The molecule has 0 spiro atoms. The first-order valence-electron chi connectivity index (χ1n) is 5.55. The Hall–Kier alpha value is -0.440. The van der Waals surface area contributed by atoms with Crippen LogP contribution in [0.3, 0.4) is 0 Å². The fraction of sp³-hybridized carbons (Fsp3) is 0.818. The Labute approximate surface area is 92.4 Å². The van der Waals surface area contributed by atoms with Crippen LogP contribution < -0.4 is 0 Å². The smallest absolute Gasteiger partial charge is 0.196 e. The van der Waals surface area contributed by atoms with Crippen molar-refractivity contribution in [2.24, 2.45) is 4.99 Å². The molecule has 0 bridgehead atoms. The molecule has 2 nitrogen and oxygen atoms in total. The normalized spacial score (nSPS) is 20.1. The lowest BCUT2D eigenvalue weighted by Gasteiger charge is -2.38. The summed E-state index contributed by atoms with van der Waals surface area (Å²) in [5.74, 6) is 0. The van der Waals surface area contributed by atoms with E-state index in [1.165, 1.54) is 5.71 Å². The van der Waals surface area contributed by atoms with Crippen LogP contribution in [-0.2, 0) is 0 Å². The predicted octanol–water partition coefficient (Wildman–Crippen LogP) is 3.02. The van der Waals surface area contributed by atoms with Crippen LogP contribution in [-0.4, -0.2) is 27.8 Å². The largest absolute Gasteiger partial charge is 0.337 e. The summed E-state index contributed by atoms with van der Waals surface area (Å²) in [7, 11) is 0. The van der Waals surface area contributed by atoms with Crippen molar-refractivity contribution >= 4 is 23.0 Å². The highest BCUT2D eigenvalue weighted by Gasteiger charge is 2.42. The lowest BCUT2D eigenvalue weighted by atomic mass is 9.85. The van der Waals surface area contributed by atoms with Gasteiger partial charge in [-0.3, -0.25) is 0 Å². The van der Waals surface area contributed by atoms with Crippen LogP contribution in [0.25, 0.3) is 0 Å². The van der Waals surface area contributed by atoms with Crippen molar-refractivity contribution in [1.29, 1.82) is 0 Å². The predicted molar refractivity (Wildman–Crippen MR) is 66.0 cm³/mol. The van der Waals surface area contributed by atoms with Gasteiger partial charge in [0.15, 0.2) is 5.11 Å². The third kappa shape index (κ3) is 1.48. The Kier molecular flexibility index (Phi) is 3.65. The van der Waals surface area contributed by atoms with Gasteiger partial charge in [-0.1, -0.05) is 20.8 Å². The van der Waals surface area contributed by atoms with Crippen LogP contribution in [0.4, 0.5) is 0 Å². The molecule has 1 aliphatic heterocycles. The molecule has 0 unspecified atom stereocenters. The van der Waals surface area contributed by atoms with Gasteiger partial charge in [0.25, 0.3) is 0 Å². The van der Waals surface area contributed by atoms with Gasteiger partial charge < -0.3 is 4.90 Å². The van der Waals surface area contributed by atoms with Gasteiger partial charge in [-0.2, -0.15) is 0 Å². The SMILES string of the molecule is CCC1=NC(=S)N(CC)C1(CC)CC. The average molecular weight is 212 g/mol. The van der Waals surface area contributed by atoms with E-state index in [9.17, 15) is 0 Å². The van der Waals surface area contributed by atoms with Crippen molar-refractivity contribution in [1.82, 2.24) is 4.90 Å². The molecule has 14 heavy (non-hydrogen) atoms. The van der Waals surface area contributed by atoms with Gasteiger partial charge in [-0.15, -0.1) is 0 Å². The molecule has 0 aliphatic carbocycles. The Morgan fingerprint density at radius 2 is 1.79 bits per heavy atom. The molecule has 0 atom stereocenters. The zero-order chi connectivity index (χ0) is 10.8. The lowest BCUT2D eigenvalue weighted by Crippen LogP contribution is -2.50. The van der Waals surface area contributed by atoms with Crippen LogP contribution in [0, 0.1) is 0 Å². The molecule has 0 saturated heterocycles. The molecule has 0 N–H and O–H groups in total. The Balaban J connectivity index is 3.08. The number of thiocarbonyl (C=S) groups is 1. The standard InChI is InChI=1S/C11H20N2S/c1-5-9-11(6-2,7-3)13(8-4)10(14)12-9/h5-8H2,1-4H3. The molecule has 0 amide bonds. The third-order valence-electron chi connectivity index (χ3n) is 3.34. The van der Waals surface area contributed by atoms with Gasteiger partial charge >= 0.3 is 0 Å². The molecule has 1 aliphatic rings. The number of aliphatic imine (C=N–C) groups is 1. The molecule has 0 aromatic heterocycles. The summed E-state index contributed by atoms with van der Waals surface area (Å²) in [6.45, 7) is 9.74. The summed E-state index contributed by atoms with van der Waals surface area (Å²) in [5, 5.41) is 0.785. The van der Waals surface area contributed by atoms with Gasteiger partial charge in [-0.25, -0.2) is 4.99 Å². The van der Waals surface area contributed by atoms with E-state index >= 15 is 0 Å². The minimum Gasteiger partial charge on any atom is -0.337 e. The van der Waals surface area contributed by atoms with Crippen LogP contribution in [0.1, 0.15) is 47.0 Å². The van der Waals surface area contributed by atoms with Crippen molar-refractivity contribution in [2.75, 3.05) is 6.54 Å². The second-order valence-electron chi connectivity index (χ2n) is 3.68. The zero-order valence-corrected chi connectivity index (χ0v) is 10.4. The van der Waals surface area contributed by atoms with Gasteiger partial charge in [0.1, 0.15) is 0 Å². The molecule has 0 fully saturated rings. The fourth-order valence-electron chi connectivity index (χ4n) is 2.50. The van der Waals surface area contributed by atoms with Gasteiger partial charge in [0.05, 0.1) is 5.54 Å². The first-order chi connectivity index (χ1) is 6.66. The van der Waals surface area contributed by atoms with E-state index < -0.39 is 0 Å². The topological polar surface area (TPSA) is 15.6 Å². The van der Waals surface area contributed by atoms with Crippen LogP contribution >= 0.6 is 12.2 Å². The van der Waals surface area contributed by atoms with Crippen molar-refractivity contribution < 1.29 is 0 Å². The van der Waals surface area contributed by atoms with E-state index in [4.69, 9.17) is 12.2 Å². The van der Waals surface area contributed by atoms with Crippen molar-refractivity contribution in [3.05, 3.63) is 0 Å². The molecule has 0 saturated carbocycles. The van der Waals surface area contributed by atoms with Gasteiger partial charge in [-0.05, 0) is 38.4 Å². The number of rotatable bonds is 4. The molecular weight excluding hydrogens is 192 g/mol. The highest BCUT2D eigenvalue weighted by Crippen LogP contribution is 2.32. The third-order valence-corrected chi connectivity index (χ3v) is 3.65. The highest BCUT2D eigenvalue weighted by atomic mass is 32.1. The Morgan fingerprint density at radius 3 is 2.14 bits per heavy atom. The molecular formula is C11H20N2S. The maximum atomic E-state index is 5.30. The van der Waals surface area contributed by atoms with Crippen molar-refractivity contribution in [3.8, 4) is 0 Å². The molecule has 0 aromatic carbocycles. The van der Waals surface area contributed by atoms with Crippen molar-refractivity contribution in [3.63, 3.8) is 0 Å². The first kappa shape index (κ1) is 11.6. The van der Waals surface area contributed by atoms with Crippen LogP contribution in [0.15, 0.2) is 4.99 Å². The molecule has 3 heteroatoms. The highest BCUT2D eigenvalue weighted by molar-refractivity contribution is 7.80. The number of hydrogen-bond donors (Lipinski definition) is 0. The minimum atomic E-state index is 0.126. The second kappa shape index (κ2) is 4.39. The lowest BCUT2D eigenvalue weighted by molar-refractivity contribution is 0.254. The summed E-state index contributed by atoms with van der Waals surface area (Å²) in [4.78, 5) is 6.81. The monoisotopic (exact) mass is 212 g/mol. The first-order valence-corrected chi connectivity index (χ1v) is 5.96. The minimum absolute atomic E-state index is 0.126. The number of nitrogens with zero attached hydrogens (tertiary/aromatic N) is 2. The maximum absolute atomic E-state index is 5.30. The molecule has 1 heterocycles. The second-order valence-corrected chi connectivity index (χ2v) is 4.04. The van der Waals surface area contributed by atoms with E-state index in [0.717, 1.165) is 30.9 Å². The molecule has 1 rings (SSSR count). The van der Waals surface area contributed by atoms with Gasteiger partial charge in [0, 0.05) is 12.3 Å². The van der Waals surface area contributed by atoms with Gasteiger partial charge in [0.2, 0.25) is 0 Å². The van der Waals surface area contributed by atoms with E-state index in [1.807, 2.05) is 0 Å². The van der Waals surface area contributed by atoms with E-state index in [-0.39, 0.29) is 5.54 Å². The molecule has 0 aromatic rings. The summed E-state index contributed by atoms with van der Waals surface area (Å²) in [6, 6.07) is 0. The van der Waals surface area contributed by atoms with E-state index in [0.29, 0.717) is 0 Å². The molecule has 0 radical (unpaired) electrons. The average Bonchev–Trinajstić information content (AvgIpc) is 2.50.